The zero-order valence-electron chi connectivity index (χ0n) is 17.2. The molecule has 3 aromatic rings. The molecular formula is C23H24N4O4. The summed E-state index contributed by atoms with van der Waals surface area (Å²) < 4.78 is 12.3. The SMILES string of the molecule is O=C(Cn1nc(C(=O)N2CCCCC2)c2ccccc21)NCc1ccc2c(c1)OCO2. The van der Waals surface area contributed by atoms with Gasteiger partial charge in [0.25, 0.3) is 5.91 Å². The van der Waals surface area contributed by atoms with Crippen LogP contribution in [0.15, 0.2) is 42.5 Å². The minimum Gasteiger partial charge on any atom is -0.454 e. The van der Waals surface area contributed by atoms with Gasteiger partial charge in [0.05, 0.1) is 5.52 Å². The van der Waals surface area contributed by atoms with E-state index in [-0.39, 0.29) is 25.2 Å². The van der Waals surface area contributed by atoms with Crippen LogP contribution in [0.2, 0.25) is 0 Å². The molecule has 160 valence electrons. The maximum Gasteiger partial charge on any atom is 0.275 e. The summed E-state index contributed by atoms with van der Waals surface area (Å²) >= 11 is 0. The van der Waals surface area contributed by atoms with Gasteiger partial charge in [-0.05, 0) is 43.0 Å². The Bertz CT molecular complexity index is 1130. The molecule has 31 heavy (non-hydrogen) atoms. The molecule has 0 spiro atoms. The lowest BCUT2D eigenvalue weighted by molar-refractivity contribution is -0.121. The molecule has 1 aromatic heterocycles. The number of aromatic nitrogens is 2. The predicted molar refractivity (Wildman–Crippen MR) is 114 cm³/mol. The van der Waals surface area contributed by atoms with Gasteiger partial charge in [0.1, 0.15) is 6.54 Å². The van der Waals surface area contributed by atoms with Gasteiger partial charge >= 0.3 is 0 Å². The van der Waals surface area contributed by atoms with Crippen molar-refractivity contribution in [3.63, 3.8) is 0 Å². The van der Waals surface area contributed by atoms with Gasteiger partial charge in [0.15, 0.2) is 17.2 Å². The van der Waals surface area contributed by atoms with Crippen molar-refractivity contribution >= 4 is 22.7 Å². The molecule has 1 saturated heterocycles. The molecule has 0 radical (unpaired) electrons. The number of hydrogen-bond acceptors (Lipinski definition) is 5. The van der Waals surface area contributed by atoms with Gasteiger partial charge in [-0.3, -0.25) is 14.3 Å². The first-order chi connectivity index (χ1) is 15.2. The summed E-state index contributed by atoms with van der Waals surface area (Å²) in [6.07, 6.45) is 3.20. The largest absolute Gasteiger partial charge is 0.454 e. The molecule has 1 fully saturated rings. The van der Waals surface area contributed by atoms with Crippen molar-refractivity contribution in [2.24, 2.45) is 0 Å². The number of piperidine rings is 1. The zero-order chi connectivity index (χ0) is 21.2. The topological polar surface area (TPSA) is 85.7 Å². The molecule has 3 heterocycles. The van der Waals surface area contributed by atoms with E-state index in [4.69, 9.17) is 9.47 Å². The van der Waals surface area contributed by atoms with E-state index in [0.29, 0.717) is 23.7 Å². The Balaban J connectivity index is 1.30. The Morgan fingerprint density at radius 1 is 1.00 bits per heavy atom. The van der Waals surface area contributed by atoms with Crippen LogP contribution in [0.25, 0.3) is 10.9 Å². The van der Waals surface area contributed by atoms with E-state index in [1.807, 2.05) is 47.4 Å². The Morgan fingerprint density at radius 3 is 2.68 bits per heavy atom. The van der Waals surface area contributed by atoms with E-state index >= 15 is 0 Å². The normalized spacial score (nSPS) is 15.3. The van der Waals surface area contributed by atoms with E-state index in [0.717, 1.165) is 48.8 Å². The second-order valence-electron chi connectivity index (χ2n) is 7.84. The number of para-hydroxylation sites is 1. The maximum absolute atomic E-state index is 13.0. The van der Waals surface area contributed by atoms with Gasteiger partial charge in [-0.15, -0.1) is 0 Å². The van der Waals surface area contributed by atoms with Crippen LogP contribution in [0.3, 0.4) is 0 Å². The molecule has 8 nitrogen and oxygen atoms in total. The van der Waals surface area contributed by atoms with Gasteiger partial charge in [-0.25, -0.2) is 0 Å². The summed E-state index contributed by atoms with van der Waals surface area (Å²) in [5.74, 6) is 1.16. The van der Waals surface area contributed by atoms with Crippen molar-refractivity contribution in [1.82, 2.24) is 20.0 Å². The molecule has 0 unspecified atom stereocenters. The quantitative estimate of drug-likeness (QED) is 0.686. The molecule has 5 rings (SSSR count). The standard InChI is InChI=1S/C23H24N4O4/c28-21(24-13-16-8-9-19-20(12-16)31-15-30-19)14-27-18-7-3-2-6-17(18)22(25-27)23(29)26-10-4-1-5-11-26/h2-3,6-9,12H,1,4-5,10-11,13-15H2,(H,24,28). The molecule has 0 bridgehead atoms. The van der Waals surface area contributed by atoms with E-state index in [2.05, 4.69) is 10.4 Å². The number of nitrogens with zero attached hydrogens (tertiary/aromatic N) is 3. The first-order valence-electron chi connectivity index (χ1n) is 10.6. The van der Waals surface area contributed by atoms with Crippen molar-refractivity contribution in [1.29, 1.82) is 0 Å². The van der Waals surface area contributed by atoms with Crippen molar-refractivity contribution in [2.45, 2.75) is 32.4 Å². The lowest BCUT2D eigenvalue weighted by Crippen LogP contribution is -2.36. The van der Waals surface area contributed by atoms with E-state index in [1.54, 1.807) is 4.68 Å². The maximum atomic E-state index is 13.0. The third-order valence-electron chi connectivity index (χ3n) is 5.72. The molecule has 2 aliphatic rings. The van der Waals surface area contributed by atoms with Gasteiger partial charge in [-0.1, -0.05) is 24.3 Å². The van der Waals surface area contributed by atoms with Gasteiger partial charge < -0.3 is 19.7 Å². The van der Waals surface area contributed by atoms with E-state index in [1.165, 1.54) is 0 Å². The molecule has 0 saturated carbocycles. The van der Waals surface area contributed by atoms with Gasteiger partial charge in [-0.2, -0.15) is 5.10 Å². The predicted octanol–water partition coefficient (Wildman–Crippen LogP) is 2.71. The van der Waals surface area contributed by atoms with Gasteiger partial charge in [0, 0.05) is 25.0 Å². The fraction of sp³-hybridized carbons (Fsp3) is 0.348. The van der Waals surface area contributed by atoms with Crippen molar-refractivity contribution in [2.75, 3.05) is 19.9 Å². The number of carbonyl (C=O) groups is 2. The Hall–Kier alpha value is -3.55. The first kappa shape index (κ1) is 19.4. The van der Waals surface area contributed by atoms with Crippen LogP contribution < -0.4 is 14.8 Å². The highest BCUT2D eigenvalue weighted by molar-refractivity contribution is 6.05. The lowest BCUT2D eigenvalue weighted by atomic mass is 10.1. The summed E-state index contributed by atoms with van der Waals surface area (Å²) in [5.41, 5.74) is 2.12. The van der Waals surface area contributed by atoms with Crippen LogP contribution in [-0.4, -0.2) is 46.4 Å². The van der Waals surface area contributed by atoms with Gasteiger partial charge in [0.2, 0.25) is 12.7 Å². The highest BCUT2D eigenvalue weighted by atomic mass is 16.7. The number of hydrogen-bond donors (Lipinski definition) is 1. The average molecular weight is 420 g/mol. The van der Waals surface area contributed by atoms with Crippen molar-refractivity contribution in [3.05, 3.63) is 53.7 Å². The number of likely N-dealkylation sites (tertiary alicyclic amines) is 1. The average Bonchev–Trinajstić information content (AvgIpc) is 3.42. The fourth-order valence-corrected chi connectivity index (χ4v) is 4.10. The van der Waals surface area contributed by atoms with Crippen LogP contribution in [0.4, 0.5) is 0 Å². The molecule has 2 amide bonds. The number of ether oxygens (including phenoxy) is 2. The third kappa shape index (κ3) is 3.93. The molecule has 2 aliphatic heterocycles. The number of carbonyl (C=O) groups excluding carboxylic acids is 2. The number of benzene rings is 2. The molecule has 8 heteroatoms. The minimum atomic E-state index is -0.178. The Kier molecular flexibility index (Phi) is 5.19. The summed E-state index contributed by atoms with van der Waals surface area (Å²) in [5, 5.41) is 8.23. The second kappa shape index (κ2) is 8.29. The molecule has 1 N–H and O–H groups in total. The number of nitrogens with one attached hydrogen (secondary N) is 1. The fourth-order valence-electron chi connectivity index (χ4n) is 4.10. The first-order valence-corrected chi connectivity index (χ1v) is 10.6. The Labute approximate surface area is 179 Å². The van der Waals surface area contributed by atoms with Crippen LogP contribution in [0, 0.1) is 0 Å². The Morgan fingerprint density at radius 2 is 1.81 bits per heavy atom. The number of rotatable bonds is 5. The number of fused-ring (bicyclic) bond motifs is 2. The van der Waals surface area contributed by atoms with Crippen LogP contribution in [0.5, 0.6) is 11.5 Å². The van der Waals surface area contributed by atoms with Crippen molar-refractivity contribution < 1.29 is 19.1 Å². The molecule has 0 aliphatic carbocycles. The second-order valence-corrected chi connectivity index (χ2v) is 7.84. The van der Waals surface area contributed by atoms with E-state index in [9.17, 15) is 9.59 Å². The lowest BCUT2D eigenvalue weighted by Gasteiger charge is -2.25. The van der Waals surface area contributed by atoms with Crippen LogP contribution >= 0.6 is 0 Å². The summed E-state index contributed by atoms with van der Waals surface area (Å²) in [7, 11) is 0. The van der Waals surface area contributed by atoms with Crippen LogP contribution in [-0.2, 0) is 17.9 Å². The van der Waals surface area contributed by atoms with Crippen molar-refractivity contribution in [3.8, 4) is 11.5 Å². The molecule has 0 atom stereocenters. The summed E-state index contributed by atoms with van der Waals surface area (Å²) in [4.78, 5) is 27.5. The number of amides is 2. The zero-order valence-corrected chi connectivity index (χ0v) is 17.2. The van der Waals surface area contributed by atoms with E-state index < -0.39 is 0 Å². The summed E-state index contributed by atoms with van der Waals surface area (Å²) in [6, 6.07) is 13.2. The smallest absolute Gasteiger partial charge is 0.275 e. The molecular weight excluding hydrogens is 396 g/mol. The third-order valence-corrected chi connectivity index (χ3v) is 5.72. The highest BCUT2D eigenvalue weighted by Crippen LogP contribution is 2.32. The van der Waals surface area contributed by atoms with Crippen LogP contribution in [0.1, 0.15) is 35.3 Å². The molecule has 2 aromatic carbocycles. The monoisotopic (exact) mass is 420 g/mol. The highest BCUT2D eigenvalue weighted by Gasteiger charge is 2.24. The summed E-state index contributed by atoms with van der Waals surface area (Å²) in [6.45, 7) is 2.15. The minimum absolute atomic E-state index is 0.0400.